The zero-order valence-corrected chi connectivity index (χ0v) is 16.0. The fourth-order valence-corrected chi connectivity index (χ4v) is 4.90. The number of piperidine rings is 2. The van der Waals surface area contributed by atoms with E-state index in [1.54, 1.807) is 4.90 Å². The molecule has 3 heterocycles. The van der Waals surface area contributed by atoms with Crippen molar-refractivity contribution in [1.82, 2.24) is 9.80 Å². The van der Waals surface area contributed by atoms with E-state index in [-0.39, 0.29) is 5.60 Å². The normalized spacial score (nSPS) is 24.3. The molecule has 4 rings (SSSR count). The molecule has 1 aromatic carbocycles. The van der Waals surface area contributed by atoms with Crippen molar-refractivity contribution in [3.05, 3.63) is 29.3 Å². The summed E-state index contributed by atoms with van der Waals surface area (Å²) in [4.78, 5) is 15.2. The lowest BCUT2D eigenvalue weighted by molar-refractivity contribution is 0.0336. The lowest BCUT2D eigenvalue weighted by Gasteiger charge is -2.46. The summed E-state index contributed by atoms with van der Waals surface area (Å²) < 4.78 is 6.22. The molecule has 5 nitrogen and oxygen atoms in total. The molecule has 0 unspecified atom stereocenters. The summed E-state index contributed by atoms with van der Waals surface area (Å²) >= 11 is 0. The van der Waals surface area contributed by atoms with E-state index in [0.29, 0.717) is 18.5 Å². The second kappa shape index (κ2) is 6.45. The molecule has 1 amide bonds. The van der Waals surface area contributed by atoms with E-state index < -0.39 is 6.09 Å². The lowest BCUT2D eigenvalue weighted by Crippen LogP contribution is -2.47. The maximum absolute atomic E-state index is 11.1. The van der Waals surface area contributed by atoms with Crippen LogP contribution >= 0.6 is 0 Å². The highest BCUT2D eigenvalue weighted by atomic mass is 16.5. The third-order valence-corrected chi connectivity index (χ3v) is 6.58. The van der Waals surface area contributed by atoms with Gasteiger partial charge in [-0.1, -0.05) is 18.2 Å². The molecule has 3 aliphatic heterocycles. The quantitative estimate of drug-likeness (QED) is 0.875. The van der Waals surface area contributed by atoms with Gasteiger partial charge in [-0.3, -0.25) is 4.90 Å². The molecule has 2 fully saturated rings. The van der Waals surface area contributed by atoms with Crippen LogP contribution in [0.3, 0.4) is 0 Å². The molecule has 1 N–H and O–H groups in total. The number of likely N-dealkylation sites (tertiary alicyclic amines) is 2. The Kier molecular flexibility index (Phi) is 4.38. The molecule has 0 bridgehead atoms. The summed E-state index contributed by atoms with van der Waals surface area (Å²) in [6.07, 6.45) is 4.62. The van der Waals surface area contributed by atoms with Gasteiger partial charge in [0.1, 0.15) is 11.4 Å². The molecule has 1 aromatic rings. The van der Waals surface area contributed by atoms with Gasteiger partial charge in [0, 0.05) is 31.6 Å². The number of benzene rings is 1. The molecule has 0 saturated carbocycles. The number of nitrogens with zero attached hydrogens (tertiary/aromatic N) is 2. The van der Waals surface area contributed by atoms with Gasteiger partial charge in [-0.25, -0.2) is 4.79 Å². The minimum absolute atomic E-state index is 0.0947. The van der Waals surface area contributed by atoms with Gasteiger partial charge in [-0.05, 0) is 63.6 Å². The van der Waals surface area contributed by atoms with Gasteiger partial charge in [-0.15, -0.1) is 0 Å². The monoisotopic (exact) mass is 358 g/mol. The van der Waals surface area contributed by atoms with Gasteiger partial charge in [0.25, 0.3) is 0 Å². The highest BCUT2D eigenvalue weighted by Crippen LogP contribution is 2.42. The highest BCUT2D eigenvalue weighted by molar-refractivity contribution is 5.65. The van der Waals surface area contributed by atoms with Crippen LogP contribution in [-0.4, -0.2) is 52.8 Å². The molecule has 3 aliphatic rings. The van der Waals surface area contributed by atoms with Crippen LogP contribution in [0.2, 0.25) is 0 Å². The van der Waals surface area contributed by atoms with E-state index in [9.17, 15) is 4.79 Å². The van der Waals surface area contributed by atoms with Crippen LogP contribution in [0.4, 0.5) is 4.79 Å². The molecule has 0 aromatic heterocycles. The smallest absolute Gasteiger partial charge is 0.407 e. The van der Waals surface area contributed by atoms with Crippen molar-refractivity contribution in [2.45, 2.75) is 58.1 Å². The van der Waals surface area contributed by atoms with Crippen molar-refractivity contribution in [2.24, 2.45) is 5.41 Å². The Balaban J connectivity index is 1.36. The Morgan fingerprint density at radius 3 is 2.42 bits per heavy atom. The zero-order chi connectivity index (χ0) is 18.4. The van der Waals surface area contributed by atoms with Crippen molar-refractivity contribution < 1.29 is 14.6 Å². The summed E-state index contributed by atoms with van der Waals surface area (Å²) in [6, 6.07) is 6.55. The standard InChI is InChI=1S/C21H30N2O3/c1-20(2)14-16-4-3-5-17(18(16)26-20)15-22-10-6-21(7-11-22)8-12-23(13-9-21)19(24)25/h3-5H,6-15H2,1-2H3,(H,24,25). The minimum Gasteiger partial charge on any atom is -0.487 e. The average molecular weight is 358 g/mol. The number of hydrogen-bond acceptors (Lipinski definition) is 3. The third kappa shape index (κ3) is 3.41. The van der Waals surface area contributed by atoms with Gasteiger partial charge >= 0.3 is 6.09 Å². The number of amides is 1. The van der Waals surface area contributed by atoms with Gasteiger partial charge in [0.2, 0.25) is 0 Å². The third-order valence-electron chi connectivity index (χ3n) is 6.58. The summed E-state index contributed by atoms with van der Waals surface area (Å²) in [5.41, 5.74) is 2.91. The van der Waals surface area contributed by atoms with Crippen molar-refractivity contribution in [3.63, 3.8) is 0 Å². The summed E-state index contributed by atoms with van der Waals surface area (Å²) in [5, 5.41) is 9.15. The van der Waals surface area contributed by atoms with E-state index in [2.05, 4.69) is 36.9 Å². The summed E-state index contributed by atoms with van der Waals surface area (Å²) in [6.45, 7) is 8.86. The van der Waals surface area contributed by atoms with Crippen LogP contribution in [-0.2, 0) is 13.0 Å². The number of carbonyl (C=O) groups is 1. The first-order valence-electron chi connectivity index (χ1n) is 9.86. The molecule has 0 radical (unpaired) electrons. The highest BCUT2D eigenvalue weighted by Gasteiger charge is 2.39. The second-order valence-corrected chi connectivity index (χ2v) is 8.99. The van der Waals surface area contributed by atoms with Gasteiger partial charge in [-0.2, -0.15) is 0 Å². The number of ether oxygens (including phenoxy) is 1. The van der Waals surface area contributed by atoms with Crippen LogP contribution in [0.1, 0.15) is 50.7 Å². The zero-order valence-electron chi connectivity index (χ0n) is 16.0. The van der Waals surface area contributed by atoms with E-state index >= 15 is 0 Å². The first kappa shape index (κ1) is 17.7. The Hall–Kier alpha value is -1.75. The minimum atomic E-state index is -0.766. The number of para-hydroxylation sites is 1. The SMILES string of the molecule is CC1(C)Cc2cccc(CN3CCC4(CC3)CCN(C(=O)O)CC4)c2O1. The Morgan fingerprint density at radius 1 is 1.12 bits per heavy atom. The maximum Gasteiger partial charge on any atom is 0.407 e. The molecule has 1 spiro atoms. The van der Waals surface area contributed by atoms with Crippen LogP contribution < -0.4 is 4.74 Å². The largest absolute Gasteiger partial charge is 0.487 e. The first-order chi connectivity index (χ1) is 12.4. The first-order valence-corrected chi connectivity index (χ1v) is 9.86. The topological polar surface area (TPSA) is 53.0 Å². The van der Waals surface area contributed by atoms with Crippen molar-refractivity contribution >= 4 is 6.09 Å². The lowest BCUT2D eigenvalue weighted by atomic mass is 9.71. The van der Waals surface area contributed by atoms with Crippen LogP contribution in [0.15, 0.2) is 18.2 Å². The number of hydrogen-bond donors (Lipinski definition) is 1. The number of fused-ring (bicyclic) bond motifs is 1. The molecule has 0 atom stereocenters. The Morgan fingerprint density at radius 2 is 1.77 bits per heavy atom. The van der Waals surface area contributed by atoms with E-state index in [1.165, 1.54) is 24.0 Å². The van der Waals surface area contributed by atoms with E-state index in [4.69, 9.17) is 9.84 Å². The fourth-order valence-electron chi connectivity index (χ4n) is 4.90. The van der Waals surface area contributed by atoms with Gasteiger partial charge in [0.05, 0.1) is 0 Å². The summed E-state index contributed by atoms with van der Waals surface area (Å²) in [5.74, 6) is 1.10. The van der Waals surface area contributed by atoms with Gasteiger partial charge in [0.15, 0.2) is 0 Å². The van der Waals surface area contributed by atoms with Crippen LogP contribution in [0, 0.1) is 5.41 Å². The fraction of sp³-hybridized carbons (Fsp3) is 0.667. The van der Waals surface area contributed by atoms with Crippen molar-refractivity contribution in [2.75, 3.05) is 26.2 Å². The number of rotatable bonds is 2. The molecule has 142 valence electrons. The molecular formula is C21H30N2O3. The van der Waals surface area contributed by atoms with E-state index in [0.717, 1.165) is 44.6 Å². The Bertz CT molecular complexity index is 682. The molecular weight excluding hydrogens is 328 g/mol. The Labute approximate surface area is 155 Å². The second-order valence-electron chi connectivity index (χ2n) is 8.99. The average Bonchev–Trinajstić information content (AvgIpc) is 2.92. The summed E-state index contributed by atoms with van der Waals surface area (Å²) in [7, 11) is 0. The molecule has 2 saturated heterocycles. The van der Waals surface area contributed by atoms with Crippen molar-refractivity contribution in [3.8, 4) is 5.75 Å². The van der Waals surface area contributed by atoms with Crippen LogP contribution in [0.25, 0.3) is 0 Å². The molecule has 0 aliphatic carbocycles. The number of carboxylic acid groups (broad SMARTS) is 1. The van der Waals surface area contributed by atoms with E-state index in [1.807, 2.05) is 0 Å². The van der Waals surface area contributed by atoms with Crippen LogP contribution in [0.5, 0.6) is 5.75 Å². The maximum atomic E-state index is 11.1. The molecule has 26 heavy (non-hydrogen) atoms. The molecule has 5 heteroatoms. The van der Waals surface area contributed by atoms with Gasteiger partial charge < -0.3 is 14.7 Å². The predicted octanol–water partition coefficient (Wildman–Crippen LogP) is 3.76. The van der Waals surface area contributed by atoms with Crippen molar-refractivity contribution in [1.29, 1.82) is 0 Å². The predicted molar refractivity (Wildman–Crippen MR) is 101 cm³/mol.